The van der Waals surface area contributed by atoms with Crippen molar-refractivity contribution in [2.45, 2.75) is 26.3 Å². The van der Waals surface area contributed by atoms with Crippen LogP contribution in [-0.2, 0) is 4.79 Å². The second-order valence-corrected chi connectivity index (χ2v) is 6.22. The lowest BCUT2D eigenvalue weighted by atomic mass is 9.98. The van der Waals surface area contributed by atoms with Gasteiger partial charge in [-0.1, -0.05) is 20.3 Å². The Bertz CT molecular complexity index is 815. The topological polar surface area (TPSA) is 50.7 Å². The van der Waals surface area contributed by atoms with Crippen LogP contribution in [-0.4, -0.2) is 24.8 Å². The van der Waals surface area contributed by atoms with Crippen LogP contribution in [0.15, 0.2) is 47.5 Å². The van der Waals surface area contributed by atoms with Crippen molar-refractivity contribution in [3.63, 3.8) is 0 Å². The van der Waals surface area contributed by atoms with E-state index in [9.17, 15) is 9.18 Å². The number of rotatable bonds is 4. The first-order valence-electron chi connectivity index (χ1n) is 8.36. The Labute approximate surface area is 146 Å². The third kappa shape index (κ3) is 3.40. The lowest BCUT2D eigenvalue weighted by molar-refractivity contribution is -0.118. The number of amides is 1. The number of benzene rings is 2. The molecule has 0 bridgehead atoms. The summed E-state index contributed by atoms with van der Waals surface area (Å²) in [5, 5.41) is 2.97. The molecular weight excluding hydrogens is 319 g/mol. The molecule has 1 aliphatic heterocycles. The average Bonchev–Trinajstić information content (AvgIpc) is 2.77. The van der Waals surface area contributed by atoms with Crippen molar-refractivity contribution >= 4 is 17.3 Å². The number of aliphatic imine (C=N–C) groups is 1. The summed E-state index contributed by atoms with van der Waals surface area (Å²) in [4.78, 5) is 17.4. The van der Waals surface area contributed by atoms with Crippen molar-refractivity contribution in [1.29, 1.82) is 0 Å². The minimum Gasteiger partial charge on any atom is -0.497 e. The number of hydrogen-bond donors (Lipinski definition) is 1. The normalized spacial score (nSPS) is 17.8. The number of ether oxygens (including phenoxy) is 1. The fourth-order valence-corrected chi connectivity index (χ4v) is 2.88. The third-order valence-electron chi connectivity index (χ3n) is 4.58. The van der Waals surface area contributed by atoms with Gasteiger partial charge >= 0.3 is 0 Å². The van der Waals surface area contributed by atoms with Crippen LogP contribution < -0.4 is 10.1 Å². The molecule has 0 saturated heterocycles. The average molecular weight is 340 g/mol. The molecule has 0 fully saturated rings. The first kappa shape index (κ1) is 17.1. The molecule has 1 heterocycles. The summed E-state index contributed by atoms with van der Waals surface area (Å²) in [5.74, 6) is 0.325. The number of anilines is 1. The van der Waals surface area contributed by atoms with E-state index >= 15 is 0 Å². The summed E-state index contributed by atoms with van der Waals surface area (Å²) in [7, 11) is 1.59. The van der Waals surface area contributed by atoms with Crippen molar-refractivity contribution in [1.82, 2.24) is 0 Å². The van der Waals surface area contributed by atoms with Crippen LogP contribution in [0.5, 0.6) is 5.75 Å². The smallest absolute Gasteiger partial charge is 0.249 e. The van der Waals surface area contributed by atoms with E-state index in [4.69, 9.17) is 9.73 Å². The molecule has 1 unspecified atom stereocenters. The molecule has 2 aromatic carbocycles. The third-order valence-corrected chi connectivity index (χ3v) is 4.58. The minimum atomic E-state index is -0.497. The standard InChI is InChI=1S/C20H21FN2O2/c1-4-12(2)18-20(24)22-17-10-9-15(25-3)11-16(17)19(23-18)13-5-7-14(21)8-6-13/h5-12,18H,4H2,1-3H3,(H,22,24)/t12?,18-/m0/s1. The van der Waals surface area contributed by atoms with Gasteiger partial charge in [0, 0.05) is 11.1 Å². The monoisotopic (exact) mass is 340 g/mol. The summed E-state index contributed by atoms with van der Waals surface area (Å²) in [6.07, 6.45) is 0.831. The zero-order valence-corrected chi connectivity index (χ0v) is 14.5. The largest absolute Gasteiger partial charge is 0.497 e. The Morgan fingerprint density at radius 2 is 1.96 bits per heavy atom. The second kappa shape index (κ2) is 7.05. The van der Waals surface area contributed by atoms with Crippen molar-refractivity contribution in [2.24, 2.45) is 10.9 Å². The van der Waals surface area contributed by atoms with Gasteiger partial charge in [0.2, 0.25) is 5.91 Å². The molecule has 0 saturated carbocycles. The van der Waals surface area contributed by atoms with Crippen molar-refractivity contribution < 1.29 is 13.9 Å². The Balaban J connectivity index is 2.20. The van der Waals surface area contributed by atoms with Gasteiger partial charge in [-0.05, 0) is 48.4 Å². The molecule has 1 aliphatic rings. The summed E-state index contributed by atoms with van der Waals surface area (Å²) >= 11 is 0. The maximum absolute atomic E-state index is 13.3. The van der Waals surface area contributed by atoms with E-state index < -0.39 is 6.04 Å². The van der Waals surface area contributed by atoms with Gasteiger partial charge in [0.25, 0.3) is 0 Å². The number of benzodiazepines with no additional fused rings is 1. The van der Waals surface area contributed by atoms with Crippen LogP contribution in [0.4, 0.5) is 10.1 Å². The van der Waals surface area contributed by atoms with E-state index in [0.29, 0.717) is 17.1 Å². The van der Waals surface area contributed by atoms with E-state index in [1.165, 1.54) is 12.1 Å². The number of nitrogens with one attached hydrogen (secondary N) is 1. The predicted molar refractivity (Wildman–Crippen MR) is 96.9 cm³/mol. The molecular formula is C20H21FN2O2. The predicted octanol–water partition coefficient (Wildman–Crippen LogP) is 4.04. The highest BCUT2D eigenvalue weighted by Gasteiger charge is 2.29. The van der Waals surface area contributed by atoms with Gasteiger partial charge in [0.05, 0.1) is 18.5 Å². The molecule has 1 N–H and O–H groups in total. The summed E-state index contributed by atoms with van der Waals surface area (Å²) in [5.41, 5.74) is 2.88. The first-order valence-corrected chi connectivity index (χ1v) is 8.36. The van der Waals surface area contributed by atoms with Crippen LogP contribution in [0.1, 0.15) is 31.4 Å². The molecule has 0 radical (unpaired) electrons. The number of halogens is 1. The molecule has 2 atom stereocenters. The molecule has 0 aliphatic carbocycles. The van der Waals surface area contributed by atoms with Gasteiger partial charge in [-0.2, -0.15) is 0 Å². The zero-order chi connectivity index (χ0) is 18.0. The molecule has 4 nitrogen and oxygen atoms in total. The van der Waals surface area contributed by atoms with E-state index in [2.05, 4.69) is 5.32 Å². The van der Waals surface area contributed by atoms with Crippen molar-refractivity contribution in [2.75, 3.05) is 12.4 Å². The maximum atomic E-state index is 13.3. The van der Waals surface area contributed by atoms with E-state index in [-0.39, 0.29) is 17.6 Å². The van der Waals surface area contributed by atoms with Crippen molar-refractivity contribution in [3.8, 4) is 5.75 Å². The van der Waals surface area contributed by atoms with Gasteiger partial charge in [-0.25, -0.2) is 4.39 Å². The van der Waals surface area contributed by atoms with Crippen LogP contribution in [0, 0.1) is 11.7 Å². The Hall–Kier alpha value is -2.69. The lowest BCUT2D eigenvalue weighted by Gasteiger charge is -2.17. The molecule has 1 amide bonds. The molecule has 130 valence electrons. The van der Waals surface area contributed by atoms with E-state index in [0.717, 1.165) is 17.5 Å². The van der Waals surface area contributed by atoms with Gasteiger partial charge < -0.3 is 10.1 Å². The van der Waals surface area contributed by atoms with Gasteiger partial charge in [-0.3, -0.25) is 9.79 Å². The fraction of sp³-hybridized carbons (Fsp3) is 0.300. The molecule has 3 rings (SSSR count). The number of nitrogens with zero attached hydrogens (tertiary/aromatic N) is 1. The highest BCUT2D eigenvalue weighted by Crippen LogP contribution is 2.30. The number of fused-ring (bicyclic) bond motifs is 1. The SMILES string of the molecule is CCC(C)[C@@H]1N=C(c2ccc(F)cc2)c2cc(OC)ccc2NC1=O. The Morgan fingerprint density at radius 3 is 2.60 bits per heavy atom. The minimum absolute atomic E-state index is 0.0895. The summed E-state index contributed by atoms with van der Waals surface area (Å²) < 4.78 is 18.7. The first-order chi connectivity index (χ1) is 12.0. The molecule has 0 spiro atoms. The van der Waals surface area contributed by atoms with Gasteiger partial charge in [0.1, 0.15) is 17.6 Å². The second-order valence-electron chi connectivity index (χ2n) is 6.22. The highest BCUT2D eigenvalue weighted by molar-refractivity contribution is 6.19. The molecule has 25 heavy (non-hydrogen) atoms. The Kier molecular flexibility index (Phi) is 4.83. The van der Waals surface area contributed by atoms with Crippen LogP contribution in [0.25, 0.3) is 0 Å². The highest BCUT2D eigenvalue weighted by atomic mass is 19.1. The van der Waals surface area contributed by atoms with E-state index in [1.54, 1.807) is 25.3 Å². The Morgan fingerprint density at radius 1 is 1.24 bits per heavy atom. The number of methoxy groups -OCH3 is 1. The molecule has 2 aromatic rings. The number of carbonyl (C=O) groups excluding carboxylic acids is 1. The van der Waals surface area contributed by atoms with Crippen LogP contribution >= 0.6 is 0 Å². The fourth-order valence-electron chi connectivity index (χ4n) is 2.88. The van der Waals surface area contributed by atoms with Crippen LogP contribution in [0.2, 0.25) is 0 Å². The number of hydrogen-bond acceptors (Lipinski definition) is 3. The van der Waals surface area contributed by atoms with E-state index in [1.807, 2.05) is 26.0 Å². The summed E-state index contributed by atoms with van der Waals surface area (Å²) in [6, 6.07) is 11.1. The summed E-state index contributed by atoms with van der Waals surface area (Å²) in [6.45, 7) is 4.04. The van der Waals surface area contributed by atoms with Crippen molar-refractivity contribution in [3.05, 3.63) is 59.4 Å². The quantitative estimate of drug-likeness (QED) is 0.913. The zero-order valence-electron chi connectivity index (χ0n) is 14.5. The van der Waals surface area contributed by atoms with Gasteiger partial charge in [-0.15, -0.1) is 0 Å². The molecule has 0 aromatic heterocycles. The lowest BCUT2D eigenvalue weighted by Crippen LogP contribution is -2.31. The van der Waals surface area contributed by atoms with Crippen LogP contribution in [0.3, 0.4) is 0 Å². The number of carbonyl (C=O) groups is 1. The maximum Gasteiger partial charge on any atom is 0.249 e. The molecule has 5 heteroatoms. The van der Waals surface area contributed by atoms with Gasteiger partial charge in [0.15, 0.2) is 0 Å².